The van der Waals surface area contributed by atoms with Gasteiger partial charge >= 0.3 is 5.97 Å². The Labute approximate surface area is 144 Å². The van der Waals surface area contributed by atoms with Crippen molar-refractivity contribution >= 4 is 17.7 Å². The molecular weight excluding hydrogens is 324 g/mol. The Morgan fingerprint density at radius 1 is 1.17 bits per heavy atom. The zero-order chi connectivity index (χ0) is 16.9. The van der Waals surface area contributed by atoms with E-state index in [9.17, 15) is 4.79 Å². The number of rotatable bonds is 5. The van der Waals surface area contributed by atoms with Gasteiger partial charge in [-0.1, -0.05) is 41.6 Å². The van der Waals surface area contributed by atoms with Crippen LogP contribution in [0, 0.1) is 6.92 Å². The fourth-order valence-electron chi connectivity index (χ4n) is 2.13. The molecule has 0 aliphatic rings. The molecular formula is C18H16N2O3S. The van der Waals surface area contributed by atoms with Crippen LogP contribution in [0.4, 0.5) is 0 Å². The van der Waals surface area contributed by atoms with Gasteiger partial charge < -0.3 is 9.15 Å². The molecule has 0 fully saturated rings. The van der Waals surface area contributed by atoms with Gasteiger partial charge in [-0.15, -0.1) is 10.2 Å². The van der Waals surface area contributed by atoms with E-state index >= 15 is 0 Å². The van der Waals surface area contributed by atoms with Crippen LogP contribution in [-0.2, 0) is 10.5 Å². The Morgan fingerprint density at radius 2 is 1.96 bits per heavy atom. The standard InChI is InChI=1S/C18H16N2O3S/c1-12-6-8-14(9-7-12)16-19-20-18(23-16)24-11-13-4-3-5-15(10-13)17(21)22-2/h3-10H,11H2,1-2H3. The lowest BCUT2D eigenvalue weighted by Gasteiger charge is -2.02. The summed E-state index contributed by atoms with van der Waals surface area (Å²) in [6.07, 6.45) is 0. The minimum Gasteiger partial charge on any atom is -0.465 e. The zero-order valence-corrected chi connectivity index (χ0v) is 14.2. The molecule has 3 rings (SSSR count). The SMILES string of the molecule is COC(=O)c1cccc(CSc2nnc(-c3ccc(C)cc3)o2)c1. The third kappa shape index (κ3) is 3.83. The molecule has 0 N–H and O–H groups in total. The van der Waals surface area contributed by atoms with Crippen LogP contribution in [0.5, 0.6) is 0 Å². The molecule has 1 aromatic heterocycles. The number of benzene rings is 2. The first-order chi connectivity index (χ1) is 11.7. The summed E-state index contributed by atoms with van der Waals surface area (Å²) in [4.78, 5) is 11.6. The molecule has 0 unspecified atom stereocenters. The van der Waals surface area contributed by atoms with Gasteiger partial charge in [-0.3, -0.25) is 0 Å². The van der Waals surface area contributed by atoms with Gasteiger partial charge in [-0.25, -0.2) is 4.79 Å². The van der Waals surface area contributed by atoms with E-state index < -0.39 is 0 Å². The Morgan fingerprint density at radius 3 is 2.71 bits per heavy atom. The minimum atomic E-state index is -0.346. The van der Waals surface area contributed by atoms with Crippen LogP contribution >= 0.6 is 11.8 Å². The smallest absolute Gasteiger partial charge is 0.337 e. The average Bonchev–Trinajstić information content (AvgIpc) is 3.09. The van der Waals surface area contributed by atoms with E-state index in [-0.39, 0.29) is 5.97 Å². The van der Waals surface area contributed by atoms with Crippen LogP contribution in [0.3, 0.4) is 0 Å². The normalized spacial score (nSPS) is 10.6. The molecule has 0 saturated heterocycles. The number of aryl methyl sites for hydroxylation is 1. The first-order valence-electron chi connectivity index (χ1n) is 7.36. The summed E-state index contributed by atoms with van der Waals surface area (Å²) in [5.41, 5.74) is 3.59. The average molecular weight is 340 g/mol. The Bertz CT molecular complexity index is 843. The monoisotopic (exact) mass is 340 g/mol. The minimum absolute atomic E-state index is 0.346. The van der Waals surface area contributed by atoms with Crippen LogP contribution < -0.4 is 0 Å². The summed E-state index contributed by atoms with van der Waals surface area (Å²) in [5.74, 6) is 0.780. The topological polar surface area (TPSA) is 65.2 Å². The van der Waals surface area contributed by atoms with Gasteiger partial charge in [0.25, 0.3) is 5.22 Å². The molecule has 6 heteroatoms. The molecule has 5 nitrogen and oxygen atoms in total. The van der Waals surface area contributed by atoms with E-state index in [0.717, 1.165) is 11.1 Å². The van der Waals surface area contributed by atoms with Crippen LogP contribution in [-0.4, -0.2) is 23.3 Å². The van der Waals surface area contributed by atoms with Crippen molar-refractivity contribution in [3.05, 3.63) is 65.2 Å². The van der Waals surface area contributed by atoms with Crippen molar-refractivity contribution in [3.8, 4) is 11.5 Å². The summed E-state index contributed by atoms with van der Waals surface area (Å²) in [7, 11) is 1.37. The molecule has 0 aliphatic carbocycles. The van der Waals surface area contributed by atoms with Gasteiger partial charge in [0, 0.05) is 11.3 Å². The first kappa shape index (κ1) is 16.3. The second kappa shape index (κ2) is 7.31. The van der Waals surface area contributed by atoms with Gasteiger partial charge in [0.1, 0.15) is 0 Å². The van der Waals surface area contributed by atoms with E-state index in [1.807, 2.05) is 43.3 Å². The highest BCUT2D eigenvalue weighted by atomic mass is 32.2. The third-order valence-electron chi connectivity index (χ3n) is 3.42. The first-order valence-corrected chi connectivity index (χ1v) is 8.35. The number of thioether (sulfide) groups is 1. The van der Waals surface area contributed by atoms with E-state index in [1.165, 1.54) is 24.4 Å². The fourth-order valence-corrected chi connectivity index (χ4v) is 2.84. The maximum Gasteiger partial charge on any atom is 0.337 e. The van der Waals surface area contributed by atoms with Crippen LogP contribution in [0.25, 0.3) is 11.5 Å². The lowest BCUT2D eigenvalue weighted by molar-refractivity contribution is 0.0600. The number of carbonyl (C=O) groups is 1. The van der Waals surface area contributed by atoms with E-state index in [4.69, 9.17) is 9.15 Å². The highest BCUT2D eigenvalue weighted by Crippen LogP contribution is 2.26. The summed E-state index contributed by atoms with van der Waals surface area (Å²) in [6.45, 7) is 2.03. The molecule has 0 spiro atoms. The maximum absolute atomic E-state index is 11.6. The third-order valence-corrected chi connectivity index (χ3v) is 4.30. The number of methoxy groups -OCH3 is 1. The molecule has 1 heterocycles. The number of ether oxygens (including phenoxy) is 1. The molecule has 2 aromatic carbocycles. The molecule has 0 saturated carbocycles. The number of nitrogens with zero attached hydrogens (tertiary/aromatic N) is 2. The summed E-state index contributed by atoms with van der Waals surface area (Å²) < 4.78 is 10.4. The Kier molecular flexibility index (Phi) is 4.96. The highest BCUT2D eigenvalue weighted by Gasteiger charge is 2.10. The molecule has 122 valence electrons. The number of hydrogen-bond acceptors (Lipinski definition) is 6. The maximum atomic E-state index is 11.6. The van der Waals surface area contributed by atoms with Gasteiger partial charge in [-0.2, -0.15) is 0 Å². The summed E-state index contributed by atoms with van der Waals surface area (Å²) in [5, 5.41) is 8.63. The van der Waals surface area contributed by atoms with Crippen molar-refractivity contribution in [2.24, 2.45) is 0 Å². The van der Waals surface area contributed by atoms with E-state index in [2.05, 4.69) is 10.2 Å². The molecule has 0 radical (unpaired) electrons. The van der Waals surface area contributed by atoms with E-state index in [0.29, 0.717) is 22.4 Å². The van der Waals surface area contributed by atoms with Gasteiger partial charge in [0.15, 0.2) is 0 Å². The van der Waals surface area contributed by atoms with Crippen molar-refractivity contribution in [3.63, 3.8) is 0 Å². The molecule has 0 atom stereocenters. The second-order valence-corrected chi connectivity index (χ2v) is 6.15. The van der Waals surface area contributed by atoms with Crippen LogP contribution in [0.15, 0.2) is 58.2 Å². The largest absolute Gasteiger partial charge is 0.465 e. The zero-order valence-electron chi connectivity index (χ0n) is 13.4. The predicted molar refractivity (Wildman–Crippen MR) is 91.8 cm³/mol. The van der Waals surface area contributed by atoms with Gasteiger partial charge in [0.05, 0.1) is 12.7 Å². The lowest BCUT2D eigenvalue weighted by Crippen LogP contribution is -2.01. The van der Waals surface area contributed by atoms with Crippen LogP contribution in [0.2, 0.25) is 0 Å². The molecule has 3 aromatic rings. The number of esters is 1. The van der Waals surface area contributed by atoms with E-state index in [1.54, 1.807) is 12.1 Å². The van der Waals surface area contributed by atoms with Crippen molar-refractivity contribution in [1.82, 2.24) is 10.2 Å². The highest BCUT2D eigenvalue weighted by molar-refractivity contribution is 7.98. The number of hydrogen-bond donors (Lipinski definition) is 0. The molecule has 0 bridgehead atoms. The number of aromatic nitrogens is 2. The summed E-state index contributed by atoms with van der Waals surface area (Å²) in [6, 6.07) is 15.2. The van der Waals surface area contributed by atoms with Crippen LogP contribution in [0.1, 0.15) is 21.5 Å². The van der Waals surface area contributed by atoms with Crippen molar-refractivity contribution in [1.29, 1.82) is 0 Å². The van der Waals surface area contributed by atoms with Crippen molar-refractivity contribution < 1.29 is 13.9 Å². The Hall–Kier alpha value is -2.60. The van der Waals surface area contributed by atoms with Gasteiger partial charge in [0.2, 0.25) is 5.89 Å². The molecule has 0 amide bonds. The molecule has 24 heavy (non-hydrogen) atoms. The van der Waals surface area contributed by atoms with Gasteiger partial charge in [-0.05, 0) is 36.8 Å². The van der Waals surface area contributed by atoms with Crippen molar-refractivity contribution in [2.45, 2.75) is 17.9 Å². The Balaban J connectivity index is 1.67. The van der Waals surface area contributed by atoms with Crippen molar-refractivity contribution in [2.75, 3.05) is 7.11 Å². The molecule has 0 aliphatic heterocycles. The predicted octanol–water partition coefficient (Wildman–Crippen LogP) is 4.12. The quantitative estimate of drug-likeness (QED) is 0.514. The second-order valence-electron chi connectivity index (χ2n) is 5.22. The fraction of sp³-hybridized carbons (Fsp3) is 0.167. The lowest BCUT2D eigenvalue weighted by atomic mass is 10.1. The number of carbonyl (C=O) groups excluding carboxylic acids is 1. The summed E-state index contributed by atoms with van der Waals surface area (Å²) >= 11 is 1.43.